The highest BCUT2D eigenvalue weighted by Crippen LogP contribution is 2.25. The van der Waals surface area contributed by atoms with Gasteiger partial charge in [0.15, 0.2) is 5.96 Å². The number of nitrogens with one attached hydrogen (secondary N) is 1. The Morgan fingerprint density at radius 3 is 1.85 bits per heavy atom. The van der Waals surface area contributed by atoms with Crippen molar-refractivity contribution in [2.75, 3.05) is 0 Å². The van der Waals surface area contributed by atoms with Gasteiger partial charge in [-0.1, -0.05) is 19.8 Å². The first-order valence-corrected chi connectivity index (χ1v) is 7.79. The van der Waals surface area contributed by atoms with E-state index in [1.807, 2.05) is 0 Å². The van der Waals surface area contributed by atoms with E-state index in [2.05, 4.69) is 58.8 Å². The van der Waals surface area contributed by atoms with Crippen LogP contribution in [0.4, 0.5) is 0 Å². The van der Waals surface area contributed by atoms with Crippen molar-refractivity contribution in [3.63, 3.8) is 0 Å². The quantitative estimate of drug-likeness (QED) is 0.449. The molecule has 0 unspecified atom stereocenters. The summed E-state index contributed by atoms with van der Waals surface area (Å²) in [4.78, 5) is 4.30. The van der Waals surface area contributed by atoms with E-state index in [4.69, 9.17) is 11.5 Å². The van der Waals surface area contributed by atoms with Crippen LogP contribution in [0.25, 0.3) is 0 Å². The van der Waals surface area contributed by atoms with Crippen LogP contribution in [0.5, 0.6) is 0 Å². The van der Waals surface area contributed by atoms with Crippen LogP contribution < -0.4 is 16.8 Å². The van der Waals surface area contributed by atoms with Crippen molar-refractivity contribution in [1.29, 1.82) is 0 Å². The SMILES string of the molecule is CCCCC(C)(C)NC(C)(C)CCC(C)(C)N=C(N)N. The number of hydrogen-bond acceptors (Lipinski definition) is 2. The van der Waals surface area contributed by atoms with E-state index >= 15 is 0 Å². The van der Waals surface area contributed by atoms with Crippen LogP contribution in [-0.2, 0) is 0 Å². The summed E-state index contributed by atoms with van der Waals surface area (Å²) < 4.78 is 0. The normalized spacial score (nSPS) is 13.3. The van der Waals surface area contributed by atoms with E-state index in [1.54, 1.807) is 0 Å². The molecule has 0 radical (unpaired) electrons. The Morgan fingerprint density at radius 2 is 1.40 bits per heavy atom. The van der Waals surface area contributed by atoms with Crippen LogP contribution in [0, 0.1) is 0 Å². The van der Waals surface area contributed by atoms with Gasteiger partial charge in [-0.15, -0.1) is 0 Å². The molecule has 4 nitrogen and oxygen atoms in total. The fourth-order valence-electron chi connectivity index (χ4n) is 2.68. The summed E-state index contributed by atoms with van der Waals surface area (Å²) in [6, 6.07) is 0. The monoisotopic (exact) mass is 284 g/mol. The summed E-state index contributed by atoms with van der Waals surface area (Å²) in [5, 5.41) is 3.78. The molecular formula is C16H36N4. The number of guanidine groups is 1. The second kappa shape index (κ2) is 7.30. The molecule has 0 saturated carbocycles. The van der Waals surface area contributed by atoms with Crippen molar-refractivity contribution < 1.29 is 0 Å². The topological polar surface area (TPSA) is 76.4 Å². The molecule has 0 saturated heterocycles. The summed E-state index contributed by atoms with van der Waals surface area (Å²) in [5.74, 6) is 0.170. The van der Waals surface area contributed by atoms with Crippen LogP contribution in [0.2, 0.25) is 0 Å². The third kappa shape index (κ3) is 9.18. The molecule has 0 heterocycles. The minimum atomic E-state index is -0.203. The molecule has 5 N–H and O–H groups in total. The number of nitrogens with two attached hydrogens (primary N) is 2. The van der Waals surface area contributed by atoms with Crippen molar-refractivity contribution in [2.45, 2.75) is 97.2 Å². The molecule has 0 aromatic carbocycles. The second-order valence-electron chi connectivity index (χ2n) is 7.85. The van der Waals surface area contributed by atoms with E-state index in [0.29, 0.717) is 0 Å². The zero-order valence-electron chi connectivity index (χ0n) is 14.6. The molecule has 0 atom stereocenters. The van der Waals surface area contributed by atoms with Crippen molar-refractivity contribution in [2.24, 2.45) is 16.5 Å². The van der Waals surface area contributed by atoms with Gasteiger partial charge in [-0.25, -0.2) is 4.99 Å². The lowest BCUT2D eigenvalue weighted by atomic mass is 9.86. The van der Waals surface area contributed by atoms with Gasteiger partial charge in [-0.05, 0) is 60.8 Å². The van der Waals surface area contributed by atoms with Crippen molar-refractivity contribution >= 4 is 5.96 Å². The predicted octanol–water partition coefficient (Wildman–Crippen LogP) is 3.16. The Bertz CT molecular complexity index is 312. The number of unbranched alkanes of at least 4 members (excludes halogenated alkanes) is 1. The lowest BCUT2D eigenvalue weighted by Crippen LogP contribution is -2.52. The fraction of sp³-hybridized carbons (Fsp3) is 0.938. The lowest BCUT2D eigenvalue weighted by molar-refractivity contribution is 0.222. The van der Waals surface area contributed by atoms with Crippen molar-refractivity contribution in [1.82, 2.24) is 5.32 Å². The highest BCUT2D eigenvalue weighted by atomic mass is 15.0. The minimum absolute atomic E-state index is 0.0768. The van der Waals surface area contributed by atoms with Crippen LogP contribution in [0.3, 0.4) is 0 Å². The molecular weight excluding hydrogens is 248 g/mol. The van der Waals surface area contributed by atoms with E-state index in [1.165, 1.54) is 19.3 Å². The third-order valence-corrected chi connectivity index (χ3v) is 3.63. The van der Waals surface area contributed by atoms with E-state index < -0.39 is 0 Å². The van der Waals surface area contributed by atoms with E-state index in [-0.39, 0.29) is 22.6 Å². The van der Waals surface area contributed by atoms with Crippen LogP contribution in [-0.4, -0.2) is 22.6 Å². The molecule has 4 heteroatoms. The first-order chi connectivity index (χ1) is 8.89. The zero-order chi connectivity index (χ0) is 16.0. The smallest absolute Gasteiger partial charge is 0.186 e. The Balaban J connectivity index is 4.49. The molecule has 0 aliphatic heterocycles. The van der Waals surface area contributed by atoms with Crippen molar-refractivity contribution in [3.8, 4) is 0 Å². The minimum Gasteiger partial charge on any atom is -0.370 e. The first kappa shape index (κ1) is 19.2. The van der Waals surface area contributed by atoms with E-state index in [0.717, 1.165) is 12.8 Å². The molecule has 0 spiro atoms. The molecule has 0 bridgehead atoms. The van der Waals surface area contributed by atoms with Gasteiger partial charge < -0.3 is 16.8 Å². The number of aliphatic imine (C=N–C) groups is 1. The Labute approximate surface area is 125 Å². The lowest BCUT2D eigenvalue weighted by Gasteiger charge is -2.39. The molecule has 0 rings (SSSR count). The van der Waals surface area contributed by atoms with Crippen LogP contribution >= 0.6 is 0 Å². The highest BCUT2D eigenvalue weighted by Gasteiger charge is 2.29. The predicted molar refractivity (Wildman–Crippen MR) is 89.9 cm³/mol. The van der Waals surface area contributed by atoms with Gasteiger partial charge >= 0.3 is 0 Å². The largest absolute Gasteiger partial charge is 0.370 e. The zero-order valence-corrected chi connectivity index (χ0v) is 14.6. The van der Waals surface area contributed by atoms with Crippen molar-refractivity contribution in [3.05, 3.63) is 0 Å². The standard InChI is InChI=1S/C16H36N4/c1-8-9-10-15(4,5)20-16(6,7)12-11-14(2,3)19-13(17)18/h20H,8-12H2,1-7H3,(H4,17,18,19). The fourth-order valence-corrected chi connectivity index (χ4v) is 2.68. The first-order valence-electron chi connectivity index (χ1n) is 7.79. The van der Waals surface area contributed by atoms with Gasteiger partial charge in [0.2, 0.25) is 0 Å². The molecule has 0 amide bonds. The number of nitrogens with zero attached hydrogens (tertiary/aromatic N) is 1. The number of hydrogen-bond donors (Lipinski definition) is 3. The van der Waals surface area contributed by atoms with E-state index in [9.17, 15) is 0 Å². The molecule has 0 fully saturated rings. The summed E-state index contributed by atoms with van der Waals surface area (Å²) in [7, 11) is 0. The summed E-state index contributed by atoms with van der Waals surface area (Å²) in [6.07, 6.45) is 5.68. The van der Waals surface area contributed by atoms with Gasteiger partial charge in [0.1, 0.15) is 0 Å². The van der Waals surface area contributed by atoms with Crippen LogP contribution in [0.1, 0.15) is 80.6 Å². The highest BCUT2D eigenvalue weighted by molar-refractivity contribution is 5.76. The molecule has 0 aliphatic carbocycles. The summed E-state index contributed by atoms with van der Waals surface area (Å²) in [5.41, 5.74) is 11.0. The van der Waals surface area contributed by atoms with Gasteiger partial charge in [-0.2, -0.15) is 0 Å². The number of rotatable bonds is 9. The molecule has 20 heavy (non-hydrogen) atoms. The molecule has 0 aromatic rings. The van der Waals surface area contributed by atoms with Gasteiger partial charge in [-0.3, -0.25) is 0 Å². The van der Waals surface area contributed by atoms with Gasteiger partial charge in [0.05, 0.1) is 5.54 Å². The van der Waals surface area contributed by atoms with Gasteiger partial charge in [0.25, 0.3) is 0 Å². The second-order valence-corrected chi connectivity index (χ2v) is 7.85. The Morgan fingerprint density at radius 1 is 0.900 bits per heavy atom. The average molecular weight is 284 g/mol. The maximum absolute atomic E-state index is 5.49. The third-order valence-electron chi connectivity index (χ3n) is 3.63. The van der Waals surface area contributed by atoms with Gasteiger partial charge in [0, 0.05) is 11.1 Å². The summed E-state index contributed by atoms with van der Waals surface area (Å²) in [6.45, 7) is 15.5. The molecule has 0 aromatic heterocycles. The molecule has 0 aliphatic rings. The maximum atomic E-state index is 5.49. The maximum Gasteiger partial charge on any atom is 0.186 e. The summed E-state index contributed by atoms with van der Waals surface area (Å²) >= 11 is 0. The van der Waals surface area contributed by atoms with Crippen LogP contribution in [0.15, 0.2) is 4.99 Å². The Hall–Kier alpha value is -0.770. The Kier molecular flexibility index (Phi) is 7.02. The average Bonchev–Trinajstić information content (AvgIpc) is 2.21. The molecule has 120 valence electrons.